The minimum atomic E-state index is -1.08. The number of amides is 2. The molecule has 6 nitrogen and oxygen atoms in total. The van der Waals surface area contributed by atoms with E-state index in [2.05, 4.69) is 5.32 Å². The molecule has 1 saturated heterocycles. The molecule has 1 heterocycles. The predicted octanol–water partition coefficient (Wildman–Crippen LogP) is 0.715. The number of carbonyl (C=O) groups is 2. The summed E-state index contributed by atoms with van der Waals surface area (Å²) in [7, 11) is 1.49. The van der Waals surface area contributed by atoms with Crippen LogP contribution in [0.15, 0.2) is 24.3 Å². The molecule has 0 bridgehead atoms. The summed E-state index contributed by atoms with van der Waals surface area (Å²) in [6.07, 6.45) is 0. The van der Waals surface area contributed by atoms with Crippen LogP contribution < -0.4 is 10.1 Å². The summed E-state index contributed by atoms with van der Waals surface area (Å²) in [5, 5.41) is 20.4. The largest absolute Gasteiger partial charge is 0.497 e. The molecule has 6 heteroatoms. The highest BCUT2D eigenvalue weighted by molar-refractivity contribution is 6.03. The number of methoxy groups -OCH3 is 1. The first-order valence-electron chi connectivity index (χ1n) is 5.90. The van der Waals surface area contributed by atoms with Gasteiger partial charge in [0.15, 0.2) is 0 Å². The summed E-state index contributed by atoms with van der Waals surface area (Å²) in [4.78, 5) is 23.5. The van der Waals surface area contributed by atoms with E-state index in [1.54, 1.807) is 24.3 Å². The van der Waals surface area contributed by atoms with Gasteiger partial charge in [0.25, 0.3) is 0 Å². The zero-order valence-electron chi connectivity index (χ0n) is 10.7. The van der Waals surface area contributed by atoms with Crippen molar-refractivity contribution < 1.29 is 14.3 Å². The maximum absolute atomic E-state index is 11.7. The van der Waals surface area contributed by atoms with Crippen molar-refractivity contribution in [1.82, 2.24) is 5.32 Å². The van der Waals surface area contributed by atoms with Crippen molar-refractivity contribution in [3.05, 3.63) is 29.8 Å². The first kappa shape index (κ1) is 13.6. The lowest BCUT2D eigenvalue weighted by Gasteiger charge is -2.29. The average Bonchev–Trinajstić information content (AvgIpc) is 2.46. The first-order valence-corrected chi connectivity index (χ1v) is 5.90. The van der Waals surface area contributed by atoms with Gasteiger partial charge in [0, 0.05) is 5.92 Å². The number of rotatable bonds is 2. The third-order valence-electron chi connectivity index (χ3n) is 3.29. The van der Waals surface area contributed by atoms with E-state index in [0.29, 0.717) is 11.3 Å². The maximum atomic E-state index is 11.7. The summed E-state index contributed by atoms with van der Waals surface area (Å²) in [5.41, 5.74) is 0.561. The summed E-state index contributed by atoms with van der Waals surface area (Å²) in [6, 6.07) is 10.4. The summed E-state index contributed by atoms with van der Waals surface area (Å²) in [5.74, 6) is -3.75. The van der Waals surface area contributed by atoms with Gasteiger partial charge in [-0.25, -0.2) is 0 Å². The topological polar surface area (TPSA) is 103 Å². The summed E-state index contributed by atoms with van der Waals surface area (Å²) in [6.45, 7) is 0. The van der Waals surface area contributed by atoms with Gasteiger partial charge in [-0.15, -0.1) is 0 Å². The lowest BCUT2D eigenvalue weighted by atomic mass is 9.74. The van der Waals surface area contributed by atoms with Gasteiger partial charge in [0.1, 0.15) is 17.6 Å². The Morgan fingerprint density at radius 1 is 1.15 bits per heavy atom. The monoisotopic (exact) mass is 269 g/mol. The van der Waals surface area contributed by atoms with E-state index < -0.39 is 29.6 Å². The molecular formula is C14H11N3O3. The van der Waals surface area contributed by atoms with Crippen LogP contribution >= 0.6 is 0 Å². The van der Waals surface area contributed by atoms with Crippen LogP contribution in [0, 0.1) is 34.5 Å². The second-order valence-electron chi connectivity index (χ2n) is 4.37. The third kappa shape index (κ3) is 2.19. The molecule has 2 amide bonds. The van der Waals surface area contributed by atoms with Gasteiger partial charge in [0.05, 0.1) is 19.2 Å². The molecule has 2 rings (SSSR count). The Morgan fingerprint density at radius 3 is 2.25 bits per heavy atom. The Bertz CT molecular complexity index is 610. The Morgan fingerprint density at radius 2 is 1.75 bits per heavy atom. The van der Waals surface area contributed by atoms with Crippen LogP contribution in [0.5, 0.6) is 5.75 Å². The van der Waals surface area contributed by atoms with E-state index in [1.165, 1.54) is 7.11 Å². The van der Waals surface area contributed by atoms with Crippen molar-refractivity contribution in [3.63, 3.8) is 0 Å². The second kappa shape index (κ2) is 5.41. The van der Waals surface area contributed by atoms with E-state index in [0.717, 1.165) is 0 Å². The molecule has 0 spiro atoms. The fourth-order valence-corrected chi connectivity index (χ4v) is 2.31. The number of nitrogens with one attached hydrogen (secondary N) is 1. The highest BCUT2D eigenvalue weighted by Crippen LogP contribution is 2.36. The molecule has 0 aliphatic carbocycles. The highest BCUT2D eigenvalue weighted by Gasteiger charge is 2.45. The normalized spacial score (nSPS) is 25.2. The first-order chi connectivity index (χ1) is 9.62. The highest BCUT2D eigenvalue weighted by atomic mass is 16.5. The van der Waals surface area contributed by atoms with Gasteiger partial charge in [-0.3, -0.25) is 14.9 Å². The molecule has 0 saturated carbocycles. The van der Waals surface area contributed by atoms with Gasteiger partial charge in [-0.05, 0) is 17.7 Å². The molecule has 1 N–H and O–H groups in total. The van der Waals surface area contributed by atoms with Crippen molar-refractivity contribution in [2.45, 2.75) is 5.92 Å². The van der Waals surface area contributed by atoms with Gasteiger partial charge < -0.3 is 4.74 Å². The Labute approximate surface area is 115 Å². The Hall–Kier alpha value is -2.86. The smallest absolute Gasteiger partial charge is 0.244 e. The van der Waals surface area contributed by atoms with Crippen LogP contribution in [0.3, 0.4) is 0 Å². The molecule has 1 aromatic carbocycles. The van der Waals surface area contributed by atoms with E-state index in [9.17, 15) is 9.59 Å². The molecule has 0 radical (unpaired) electrons. The number of piperidine rings is 1. The average molecular weight is 269 g/mol. The molecule has 2 atom stereocenters. The van der Waals surface area contributed by atoms with Gasteiger partial charge in [0.2, 0.25) is 11.8 Å². The van der Waals surface area contributed by atoms with Crippen molar-refractivity contribution in [1.29, 1.82) is 10.5 Å². The zero-order chi connectivity index (χ0) is 14.7. The van der Waals surface area contributed by atoms with Crippen molar-refractivity contribution in [3.8, 4) is 17.9 Å². The molecule has 1 fully saturated rings. The number of hydrogen-bond acceptors (Lipinski definition) is 5. The molecule has 100 valence electrons. The van der Waals surface area contributed by atoms with Gasteiger partial charge >= 0.3 is 0 Å². The van der Waals surface area contributed by atoms with Gasteiger partial charge in [-0.2, -0.15) is 10.5 Å². The van der Waals surface area contributed by atoms with Crippen LogP contribution in [0.2, 0.25) is 0 Å². The molecule has 0 aromatic heterocycles. The van der Waals surface area contributed by atoms with Crippen molar-refractivity contribution >= 4 is 11.8 Å². The molecular weight excluding hydrogens is 258 g/mol. The number of nitriles is 2. The number of imide groups is 1. The van der Waals surface area contributed by atoms with Gasteiger partial charge in [-0.1, -0.05) is 12.1 Å². The SMILES string of the molecule is COc1cccc(C2C(C#N)C(=O)NC(=O)C2C#N)c1. The third-order valence-corrected chi connectivity index (χ3v) is 3.29. The minimum Gasteiger partial charge on any atom is -0.497 e. The lowest BCUT2D eigenvalue weighted by Crippen LogP contribution is -2.49. The quantitative estimate of drug-likeness (QED) is 0.796. The number of ether oxygens (including phenoxy) is 1. The number of nitrogens with zero attached hydrogens (tertiary/aromatic N) is 2. The van der Waals surface area contributed by atoms with E-state index >= 15 is 0 Å². The van der Waals surface area contributed by atoms with E-state index in [4.69, 9.17) is 15.3 Å². The lowest BCUT2D eigenvalue weighted by molar-refractivity contribution is -0.137. The van der Waals surface area contributed by atoms with Crippen LogP contribution in [0.1, 0.15) is 11.5 Å². The van der Waals surface area contributed by atoms with Crippen LogP contribution in [-0.2, 0) is 9.59 Å². The zero-order valence-corrected chi connectivity index (χ0v) is 10.7. The van der Waals surface area contributed by atoms with Crippen LogP contribution in [-0.4, -0.2) is 18.9 Å². The molecule has 1 aliphatic rings. The molecule has 1 aromatic rings. The van der Waals surface area contributed by atoms with Crippen LogP contribution in [0.4, 0.5) is 0 Å². The van der Waals surface area contributed by atoms with Crippen molar-refractivity contribution in [2.75, 3.05) is 7.11 Å². The Kier molecular flexibility index (Phi) is 3.67. The standard InChI is InChI=1S/C14H11N3O3/c1-20-9-4-2-3-8(5-9)12-10(6-15)13(18)17-14(19)11(12)7-16/h2-5,10-12H,1H3,(H,17,18,19). The molecule has 1 aliphatic heterocycles. The number of benzene rings is 1. The predicted molar refractivity (Wildman–Crippen MR) is 67.1 cm³/mol. The summed E-state index contributed by atoms with van der Waals surface area (Å²) < 4.78 is 5.09. The van der Waals surface area contributed by atoms with E-state index in [-0.39, 0.29) is 0 Å². The fraction of sp³-hybridized carbons (Fsp3) is 0.286. The number of hydrogen-bond donors (Lipinski definition) is 1. The molecule has 2 unspecified atom stereocenters. The maximum Gasteiger partial charge on any atom is 0.244 e. The molecule has 20 heavy (non-hydrogen) atoms. The Balaban J connectivity index is 2.52. The second-order valence-corrected chi connectivity index (χ2v) is 4.37. The van der Waals surface area contributed by atoms with E-state index in [1.807, 2.05) is 12.1 Å². The minimum absolute atomic E-state index is 0.536. The van der Waals surface area contributed by atoms with Crippen LogP contribution in [0.25, 0.3) is 0 Å². The van der Waals surface area contributed by atoms with Crippen molar-refractivity contribution in [2.24, 2.45) is 11.8 Å². The fourth-order valence-electron chi connectivity index (χ4n) is 2.31. The summed E-state index contributed by atoms with van der Waals surface area (Å²) >= 11 is 0. The number of carbonyl (C=O) groups excluding carboxylic acids is 2.